The average Bonchev–Trinajstić information content (AvgIpc) is 2.96. The fourth-order valence-electron chi connectivity index (χ4n) is 2.42. The third-order valence-electron chi connectivity index (χ3n) is 3.70. The molecule has 142 valence electrons. The molecule has 2 rings (SSSR count). The Bertz CT molecular complexity index is 877. The standard InChI is InChI=1S/C17H24FN5O2S/c1-4-19-17(21-11-16-7-8-22-23(16)2)20-10-14-9-15(18)6-5-13(14)12-26(3,24)25/h5-9H,4,10-12H2,1-3H3,(H2,19,20,21). The second-order valence-corrected chi connectivity index (χ2v) is 8.12. The van der Waals surface area contributed by atoms with Crippen LogP contribution in [-0.4, -0.2) is 37.0 Å². The highest BCUT2D eigenvalue weighted by atomic mass is 32.2. The number of halogens is 1. The SMILES string of the molecule is CCNC(=NCc1cc(F)ccc1CS(C)(=O)=O)NCc1ccnn1C. The largest absolute Gasteiger partial charge is 0.357 e. The summed E-state index contributed by atoms with van der Waals surface area (Å²) in [5, 5.41) is 10.4. The van der Waals surface area contributed by atoms with E-state index in [1.54, 1.807) is 10.9 Å². The Balaban J connectivity index is 2.15. The van der Waals surface area contributed by atoms with Crippen LogP contribution in [0.1, 0.15) is 23.7 Å². The van der Waals surface area contributed by atoms with Crippen LogP contribution in [0.5, 0.6) is 0 Å². The van der Waals surface area contributed by atoms with E-state index in [2.05, 4.69) is 20.7 Å². The fraction of sp³-hybridized carbons (Fsp3) is 0.412. The first-order valence-corrected chi connectivity index (χ1v) is 10.3. The molecule has 0 saturated carbocycles. The van der Waals surface area contributed by atoms with Crippen molar-refractivity contribution in [1.82, 2.24) is 20.4 Å². The number of guanidine groups is 1. The third-order valence-corrected chi connectivity index (χ3v) is 4.53. The van der Waals surface area contributed by atoms with Crippen molar-refractivity contribution in [2.75, 3.05) is 12.8 Å². The maximum absolute atomic E-state index is 13.6. The van der Waals surface area contributed by atoms with Gasteiger partial charge in [0.2, 0.25) is 0 Å². The van der Waals surface area contributed by atoms with Crippen LogP contribution in [0, 0.1) is 5.82 Å². The van der Waals surface area contributed by atoms with Crippen LogP contribution in [0.25, 0.3) is 0 Å². The van der Waals surface area contributed by atoms with E-state index in [-0.39, 0.29) is 12.3 Å². The van der Waals surface area contributed by atoms with E-state index in [1.165, 1.54) is 18.2 Å². The zero-order chi connectivity index (χ0) is 19.2. The molecule has 2 N–H and O–H groups in total. The van der Waals surface area contributed by atoms with Crippen LogP contribution in [0.4, 0.5) is 4.39 Å². The molecule has 26 heavy (non-hydrogen) atoms. The van der Waals surface area contributed by atoms with Crippen molar-refractivity contribution >= 4 is 15.8 Å². The Morgan fingerprint density at radius 2 is 2.04 bits per heavy atom. The Kier molecular flexibility index (Phi) is 6.73. The first kappa shape index (κ1) is 19.9. The van der Waals surface area contributed by atoms with Crippen LogP contribution >= 0.6 is 0 Å². The topological polar surface area (TPSA) is 88.4 Å². The van der Waals surface area contributed by atoms with Gasteiger partial charge in [-0.2, -0.15) is 5.10 Å². The van der Waals surface area contributed by atoms with Gasteiger partial charge in [0.25, 0.3) is 0 Å². The summed E-state index contributed by atoms with van der Waals surface area (Å²) in [6.45, 7) is 3.31. The van der Waals surface area contributed by atoms with Gasteiger partial charge in [0.05, 0.1) is 24.5 Å². The lowest BCUT2D eigenvalue weighted by atomic mass is 10.1. The van der Waals surface area contributed by atoms with Gasteiger partial charge in [0, 0.05) is 26.0 Å². The van der Waals surface area contributed by atoms with Gasteiger partial charge >= 0.3 is 0 Å². The molecular formula is C17H24FN5O2S. The van der Waals surface area contributed by atoms with Gasteiger partial charge in [0.1, 0.15) is 5.82 Å². The van der Waals surface area contributed by atoms with Crippen LogP contribution in [-0.2, 0) is 35.7 Å². The third kappa shape index (κ3) is 6.14. The average molecular weight is 381 g/mol. The Morgan fingerprint density at radius 3 is 2.65 bits per heavy atom. The summed E-state index contributed by atoms with van der Waals surface area (Å²) in [4.78, 5) is 4.45. The summed E-state index contributed by atoms with van der Waals surface area (Å²) in [6.07, 6.45) is 2.87. The van der Waals surface area contributed by atoms with Gasteiger partial charge in [-0.05, 0) is 36.2 Å². The van der Waals surface area contributed by atoms with Gasteiger partial charge in [-0.3, -0.25) is 4.68 Å². The first-order valence-electron chi connectivity index (χ1n) is 8.22. The Hall–Kier alpha value is -2.42. The lowest BCUT2D eigenvalue weighted by Crippen LogP contribution is -2.37. The van der Waals surface area contributed by atoms with Crippen molar-refractivity contribution in [3.05, 3.63) is 53.1 Å². The van der Waals surface area contributed by atoms with Gasteiger partial charge < -0.3 is 10.6 Å². The molecule has 0 spiro atoms. The van der Waals surface area contributed by atoms with Gasteiger partial charge in [-0.1, -0.05) is 6.07 Å². The molecule has 1 aromatic carbocycles. The van der Waals surface area contributed by atoms with E-state index in [4.69, 9.17) is 0 Å². The molecule has 0 amide bonds. The summed E-state index contributed by atoms with van der Waals surface area (Å²) >= 11 is 0. The molecule has 0 aliphatic rings. The smallest absolute Gasteiger partial charge is 0.191 e. The van der Waals surface area contributed by atoms with Crippen LogP contribution in [0.15, 0.2) is 35.5 Å². The van der Waals surface area contributed by atoms with E-state index in [1.807, 2.05) is 20.0 Å². The normalized spacial score (nSPS) is 12.2. The Labute approximate surface area is 153 Å². The molecule has 7 nitrogen and oxygen atoms in total. The summed E-state index contributed by atoms with van der Waals surface area (Å²) in [5.41, 5.74) is 2.09. The number of nitrogens with zero attached hydrogens (tertiary/aromatic N) is 3. The number of hydrogen-bond donors (Lipinski definition) is 2. The molecule has 2 aromatic rings. The van der Waals surface area contributed by atoms with Crippen LogP contribution in [0.2, 0.25) is 0 Å². The van der Waals surface area contributed by atoms with Crippen LogP contribution in [0.3, 0.4) is 0 Å². The summed E-state index contributed by atoms with van der Waals surface area (Å²) in [5.74, 6) is 0.000443. The summed E-state index contributed by atoms with van der Waals surface area (Å²) in [7, 11) is -1.37. The van der Waals surface area contributed by atoms with E-state index in [0.29, 0.717) is 30.2 Å². The molecule has 1 heterocycles. The predicted octanol–water partition coefficient (Wildman–Crippen LogP) is 1.36. The highest BCUT2D eigenvalue weighted by Crippen LogP contribution is 2.15. The number of aromatic nitrogens is 2. The molecule has 0 saturated heterocycles. The van der Waals surface area contributed by atoms with E-state index in [9.17, 15) is 12.8 Å². The number of rotatable bonds is 7. The zero-order valence-corrected chi connectivity index (χ0v) is 16.0. The Morgan fingerprint density at radius 1 is 1.27 bits per heavy atom. The zero-order valence-electron chi connectivity index (χ0n) is 15.2. The second kappa shape index (κ2) is 8.79. The maximum atomic E-state index is 13.6. The minimum atomic E-state index is -3.22. The van der Waals surface area contributed by atoms with Gasteiger partial charge in [-0.15, -0.1) is 0 Å². The highest BCUT2D eigenvalue weighted by molar-refractivity contribution is 7.89. The first-order chi connectivity index (χ1) is 12.3. The number of aryl methyl sites for hydroxylation is 1. The molecule has 0 bridgehead atoms. The van der Waals surface area contributed by atoms with Gasteiger partial charge in [-0.25, -0.2) is 17.8 Å². The molecule has 0 aliphatic heterocycles. The lowest BCUT2D eigenvalue weighted by Gasteiger charge is -2.12. The number of aliphatic imine (C=N–C) groups is 1. The van der Waals surface area contributed by atoms with Crippen molar-refractivity contribution in [2.24, 2.45) is 12.0 Å². The van der Waals surface area contributed by atoms with Crippen molar-refractivity contribution in [3.63, 3.8) is 0 Å². The molecule has 0 atom stereocenters. The quantitative estimate of drug-likeness (QED) is 0.558. The van der Waals surface area contributed by atoms with Crippen molar-refractivity contribution in [3.8, 4) is 0 Å². The molecule has 0 radical (unpaired) electrons. The monoisotopic (exact) mass is 381 g/mol. The van der Waals surface area contributed by atoms with Gasteiger partial charge in [0.15, 0.2) is 15.8 Å². The maximum Gasteiger partial charge on any atom is 0.191 e. The minimum Gasteiger partial charge on any atom is -0.357 e. The van der Waals surface area contributed by atoms with E-state index in [0.717, 1.165) is 11.9 Å². The summed E-state index contributed by atoms with van der Waals surface area (Å²) < 4.78 is 38.5. The van der Waals surface area contributed by atoms with E-state index >= 15 is 0 Å². The number of benzene rings is 1. The van der Waals surface area contributed by atoms with E-state index < -0.39 is 15.7 Å². The molecule has 0 fully saturated rings. The number of nitrogens with one attached hydrogen (secondary N) is 2. The van der Waals surface area contributed by atoms with Crippen molar-refractivity contribution in [1.29, 1.82) is 0 Å². The molecule has 9 heteroatoms. The molecule has 0 unspecified atom stereocenters. The molecule has 1 aromatic heterocycles. The molecule has 0 aliphatic carbocycles. The fourth-order valence-corrected chi connectivity index (χ4v) is 3.27. The summed E-state index contributed by atoms with van der Waals surface area (Å²) in [6, 6.07) is 5.98. The number of hydrogen-bond acceptors (Lipinski definition) is 4. The highest BCUT2D eigenvalue weighted by Gasteiger charge is 2.11. The van der Waals surface area contributed by atoms with Crippen LogP contribution < -0.4 is 10.6 Å². The number of sulfone groups is 1. The molecular weight excluding hydrogens is 357 g/mol. The van der Waals surface area contributed by atoms with Crippen molar-refractivity contribution in [2.45, 2.75) is 25.8 Å². The lowest BCUT2D eigenvalue weighted by molar-refractivity contribution is 0.600. The minimum absolute atomic E-state index is 0.142. The van der Waals surface area contributed by atoms with Crippen molar-refractivity contribution < 1.29 is 12.8 Å². The second-order valence-electron chi connectivity index (χ2n) is 5.98. The predicted molar refractivity (Wildman–Crippen MR) is 99.8 cm³/mol.